The van der Waals surface area contributed by atoms with Crippen LogP contribution in [0, 0.1) is 23.2 Å². The quantitative estimate of drug-likeness (QED) is 0.283. The zero-order valence-electron chi connectivity index (χ0n) is 27.5. The number of ether oxygens (including phenoxy) is 1. The number of piperidine rings is 1. The average Bonchev–Trinajstić information content (AvgIpc) is 3.44. The van der Waals surface area contributed by atoms with Gasteiger partial charge in [-0.05, 0) is 63.6 Å². The summed E-state index contributed by atoms with van der Waals surface area (Å²) < 4.78 is 7.47. The molecule has 2 fully saturated rings. The molecule has 1 unspecified atom stereocenters. The van der Waals surface area contributed by atoms with Crippen molar-refractivity contribution < 1.29 is 9.53 Å². The summed E-state index contributed by atoms with van der Waals surface area (Å²) in [5.74, 6) is 1.89. The van der Waals surface area contributed by atoms with Crippen LogP contribution >= 0.6 is 0 Å². The predicted molar refractivity (Wildman–Crippen MR) is 177 cm³/mol. The van der Waals surface area contributed by atoms with Crippen molar-refractivity contribution in [3.05, 3.63) is 47.6 Å². The Morgan fingerprint density at radius 1 is 1.16 bits per heavy atom. The van der Waals surface area contributed by atoms with Gasteiger partial charge in [0.15, 0.2) is 0 Å². The maximum Gasteiger partial charge on any atom is 0.223 e. The van der Waals surface area contributed by atoms with E-state index in [4.69, 9.17) is 4.74 Å². The topological polar surface area (TPSA) is 102 Å². The smallest absolute Gasteiger partial charge is 0.223 e. The molecule has 1 atom stereocenters. The Hall–Kier alpha value is -3.68. The van der Waals surface area contributed by atoms with Crippen molar-refractivity contribution in [1.29, 1.82) is 5.26 Å². The number of hydrogen-bond donors (Lipinski definition) is 1. The molecule has 0 saturated carbocycles. The Morgan fingerprint density at radius 2 is 1.84 bits per heavy atom. The first-order valence-electron chi connectivity index (χ1n) is 16.0. The van der Waals surface area contributed by atoms with E-state index in [0.717, 1.165) is 87.7 Å². The molecular formula is C34H50N8O2. The Balaban J connectivity index is 1.54. The third-order valence-corrected chi connectivity index (χ3v) is 9.37. The molecule has 2 aliphatic rings. The van der Waals surface area contributed by atoms with Crippen LogP contribution < -0.4 is 10.1 Å². The van der Waals surface area contributed by atoms with Gasteiger partial charge in [-0.2, -0.15) is 10.4 Å². The molecule has 2 aromatic rings. The predicted octanol–water partition coefficient (Wildman–Crippen LogP) is 4.43. The molecular weight excluding hydrogens is 552 g/mol. The molecule has 0 bridgehead atoms. The van der Waals surface area contributed by atoms with E-state index in [1.54, 1.807) is 16.9 Å². The number of nitriles is 1. The largest absolute Gasteiger partial charge is 0.492 e. The monoisotopic (exact) mass is 602 g/mol. The van der Waals surface area contributed by atoms with Gasteiger partial charge in [0.05, 0.1) is 35.6 Å². The third-order valence-electron chi connectivity index (χ3n) is 9.37. The van der Waals surface area contributed by atoms with Crippen molar-refractivity contribution >= 4 is 23.7 Å². The molecule has 10 nitrogen and oxygen atoms in total. The van der Waals surface area contributed by atoms with Crippen LogP contribution in [0.25, 0.3) is 11.1 Å². The van der Waals surface area contributed by atoms with Crippen LogP contribution in [-0.4, -0.2) is 101 Å². The number of nitrogens with one attached hydrogen (secondary N) is 1. The molecule has 1 N–H and O–H groups in total. The fourth-order valence-corrected chi connectivity index (χ4v) is 6.13. The molecule has 4 rings (SSSR count). The van der Waals surface area contributed by atoms with Crippen molar-refractivity contribution in [2.45, 2.75) is 59.9 Å². The van der Waals surface area contributed by atoms with E-state index < -0.39 is 0 Å². The molecule has 2 saturated heterocycles. The second kappa shape index (κ2) is 14.9. The van der Waals surface area contributed by atoms with Gasteiger partial charge in [0.2, 0.25) is 5.91 Å². The molecule has 4 heterocycles. The highest BCUT2D eigenvalue weighted by molar-refractivity contribution is 5.82. The number of fused-ring (bicyclic) bond motifs is 1. The zero-order chi connectivity index (χ0) is 31.9. The first kappa shape index (κ1) is 33.2. The lowest BCUT2D eigenvalue weighted by Gasteiger charge is -2.47. The van der Waals surface area contributed by atoms with Crippen molar-refractivity contribution in [3.63, 3.8) is 0 Å². The number of likely N-dealkylation sites (N-methyl/N-ethyl adjacent to an activating group) is 1. The molecule has 2 aliphatic heterocycles. The van der Waals surface area contributed by atoms with E-state index in [2.05, 4.69) is 63.7 Å². The molecule has 44 heavy (non-hydrogen) atoms. The summed E-state index contributed by atoms with van der Waals surface area (Å²) in [4.78, 5) is 25.0. The van der Waals surface area contributed by atoms with Gasteiger partial charge in [-0.3, -0.25) is 9.69 Å². The Bertz CT molecular complexity index is 1400. The first-order valence-corrected chi connectivity index (χ1v) is 16.0. The van der Waals surface area contributed by atoms with Crippen LogP contribution in [0.5, 0.6) is 5.75 Å². The number of hydrogen-bond acceptors (Lipinski definition) is 8. The molecule has 10 heteroatoms. The second-order valence-electron chi connectivity index (χ2n) is 12.5. The summed E-state index contributed by atoms with van der Waals surface area (Å²) in [7, 11) is 0. The average molecular weight is 603 g/mol. The number of carbonyl (C=O) groups excluding carboxylic acids is 1. The lowest BCUT2D eigenvalue weighted by Crippen LogP contribution is -2.63. The number of rotatable bonds is 12. The van der Waals surface area contributed by atoms with Crippen LogP contribution in [0.4, 0.5) is 0 Å². The van der Waals surface area contributed by atoms with Crippen LogP contribution in [0.1, 0.15) is 65.5 Å². The Labute approximate surface area is 263 Å². The van der Waals surface area contributed by atoms with Crippen molar-refractivity contribution in [2.75, 3.05) is 59.0 Å². The van der Waals surface area contributed by atoms with E-state index in [0.29, 0.717) is 17.9 Å². The molecule has 238 valence electrons. The molecule has 0 aromatic carbocycles. The minimum absolute atomic E-state index is 0.0368. The van der Waals surface area contributed by atoms with E-state index >= 15 is 0 Å². The summed E-state index contributed by atoms with van der Waals surface area (Å²) in [6.45, 7) is 24.5. The zero-order valence-corrected chi connectivity index (χ0v) is 27.5. The number of pyridine rings is 1. The molecule has 0 aliphatic carbocycles. The number of carbonyl (C=O) groups is 1. The number of piperazine rings is 1. The van der Waals surface area contributed by atoms with Crippen LogP contribution in [0.2, 0.25) is 0 Å². The lowest BCUT2D eigenvalue weighted by molar-refractivity contribution is -0.128. The summed E-state index contributed by atoms with van der Waals surface area (Å²) in [6, 6.07) is 4.21. The maximum absolute atomic E-state index is 13.3. The Morgan fingerprint density at radius 3 is 2.43 bits per heavy atom. The number of aromatic nitrogens is 2. The second-order valence-corrected chi connectivity index (χ2v) is 12.5. The fourth-order valence-electron chi connectivity index (χ4n) is 6.13. The van der Waals surface area contributed by atoms with Crippen LogP contribution in [0.3, 0.4) is 0 Å². The summed E-state index contributed by atoms with van der Waals surface area (Å²) in [6.07, 6.45) is 9.07. The normalized spacial score (nSPS) is 19.2. The highest BCUT2D eigenvalue weighted by Gasteiger charge is 2.39. The minimum Gasteiger partial charge on any atom is -0.492 e. The van der Waals surface area contributed by atoms with Gasteiger partial charge in [-0.1, -0.05) is 33.8 Å². The molecule has 2 aromatic heterocycles. The number of aliphatic imine (C=N–C) groups is 1. The van der Waals surface area contributed by atoms with Crippen LogP contribution in [-0.2, 0) is 4.79 Å². The standard InChI is InChI=1S/C34H50N8O2/c1-8-39-16-18-40(19-17-39)24-34(38-33(43)27(6)25(3)4)12-14-41(15-13-34)31(36-7)11-10-26(5)30-20-29(44-9-2)23-42-32(30)28(21-35)22-37-42/h10-11,20,22-23,25,27H,7-9,12-19,24H2,1-6H3,(H,38,43)/b26-10+,31-11+. The minimum atomic E-state index is -0.274. The molecule has 1 amide bonds. The van der Waals surface area contributed by atoms with E-state index in [1.807, 2.05) is 39.0 Å². The summed E-state index contributed by atoms with van der Waals surface area (Å²) in [5, 5.41) is 17.6. The number of nitrogens with zero attached hydrogens (tertiary/aromatic N) is 7. The van der Waals surface area contributed by atoms with E-state index in [-0.39, 0.29) is 23.3 Å². The van der Waals surface area contributed by atoms with Crippen molar-refractivity contribution in [2.24, 2.45) is 16.8 Å². The number of amides is 1. The van der Waals surface area contributed by atoms with Gasteiger partial charge in [-0.25, -0.2) is 9.51 Å². The third kappa shape index (κ3) is 7.69. The van der Waals surface area contributed by atoms with Gasteiger partial charge in [0.25, 0.3) is 0 Å². The van der Waals surface area contributed by atoms with Gasteiger partial charge in [-0.15, -0.1) is 0 Å². The van der Waals surface area contributed by atoms with Gasteiger partial charge < -0.3 is 19.9 Å². The SMILES string of the molecule is C=N/C(=C\C=C(/C)c1cc(OCC)cn2ncc(C#N)c12)N1CCC(CN2CCN(CC)CC2)(NC(=O)C(C)C(C)C)CC1. The fraction of sp³-hybridized carbons (Fsp3) is 0.588. The first-order chi connectivity index (χ1) is 21.1. The summed E-state index contributed by atoms with van der Waals surface area (Å²) in [5.41, 5.74) is 2.83. The number of likely N-dealkylation sites (tertiary alicyclic amines) is 1. The van der Waals surface area contributed by atoms with Crippen molar-refractivity contribution in [1.82, 2.24) is 29.6 Å². The Kier molecular flexibility index (Phi) is 11.2. The highest BCUT2D eigenvalue weighted by atomic mass is 16.5. The maximum atomic E-state index is 13.3. The van der Waals surface area contributed by atoms with Crippen LogP contribution in [0.15, 0.2) is 41.4 Å². The number of allylic oxidation sites excluding steroid dienone is 3. The van der Waals surface area contributed by atoms with Gasteiger partial charge in [0, 0.05) is 57.3 Å². The van der Waals surface area contributed by atoms with Gasteiger partial charge in [0.1, 0.15) is 17.6 Å². The molecule has 0 spiro atoms. The van der Waals surface area contributed by atoms with Crippen molar-refractivity contribution in [3.8, 4) is 11.8 Å². The lowest BCUT2D eigenvalue weighted by atomic mass is 9.85. The molecule has 0 radical (unpaired) electrons. The highest BCUT2D eigenvalue weighted by Crippen LogP contribution is 2.30. The summed E-state index contributed by atoms with van der Waals surface area (Å²) >= 11 is 0. The van der Waals surface area contributed by atoms with Gasteiger partial charge >= 0.3 is 0 Å². The van der Waals surface area contributed by atoms with E-state index in [1.165, 1.54) is 0 Å². The van der Waals surface area contributed by atoms with E-state index in [9.17, 15) is 10.1 Å².